The van der Waals surface area contributed by atoms with Crippen LogP contribution in [0.3, 0.4) is 0 Å². The highest BCUT2D eigenvalue weighted by Crippen LogP contribution is 2.36. The first-order valence-electron chi connectivity index (χ1n) is 11.6. The lowest BCUT2D eigenvalue weighted by Crippen LogP contribution is -2.27. The van der Waals surface area contributed by atoms with Crippen molar-refractivity contribution in [3.05, 3.63) is 66.3 Å². The maximum atomic E-state index is 13.7. The van der Waals surface area contributed by atoms with Crippen LogP contribution in [-0.2, 0) is 4.79 Å². The quantitative estimate of drug-likeness (QED) is 0.253. The summed E-state index contributed by atoms with van der Waals surface area (Å²) in [5.41, 5.74) is 5.45. The maximum Gasteiger partial charge on any atom is 0.229 e. The first-order chi connectivity index (χ1) is 17.8. The number of carbonyl (C=O) groups excluding carboxylic acids is 1. The van der Waals surface area contributed by atoms with Gasteiger partial charge in [0.25, 0.3) is 0 Å². The van der Waals surface area contributed by atoms with Crippen LogP contribution in [0.15, 0.2) is 61.2 Å². The minimum absolute atomic E-state index is 0.0926. The van der Waals surface area contributed by atoms with Crippen molar-refractivity contribution in [2.45, 2.75) is 20.8 Å². The Balaban J connectivity index is 1.40. The molecule has 0 atom stereocenters. The van der Waals surface area contributed by atoms with E-state index in [0.717, 1.165) is 60.7 Å². The maximum absolute atomic E-state index is 13.7. The molecule has 0 aromatic carbocycles. The van der Waals surface area contributed by atoms with Gasteiger partial charge in [-0.2, -0.15) is 9.49 Å². The number of rotatable bonds is 4. The van der Waals surface area contributed by atoms with Crippen LogP contribution in [0.1, 0.15) is 20.8 Å². The molecule has 0 unspecified atom stereocenters. The molecule has 0 radical (unpaired) electrons. The van der Waals surface area contributed by atoms with E-state index in [1.54, 1.807) is 30.9 Å². The van der Waals surface area contributed by atoms with Crippen molar-refractivity contribution in [3.63, 3.8) is 0 Å². The van der Waals surface area contributed by atoms with Crippen molar-refractivity contribution >= 4 is 44.7 Å². The number of fused-ring (bicyclic) bond motifs is 2. The van der Waals surface area contributed by atoms with E-state index in [4.69, 9.17) is 0 Å². The molecule has 6 aromatic heterocycles. The zero-order valence-corrected chi connectivity index (χ0v) is 21.1. The molecule has 0 fully saturated rings. The molecular formula is C27H22FN7OS. The lowest BCUT2D eigenvalue weighted by atomic mass is 9.95. The van der Waals surface area contributed by atoms with E-state index in [2.05, 4.69) is 35.5 Å². The smallest absolute Gasteiger partial charge is 0.229 e. The fourth-order valence-corrected chi connectivity index (χ4v) is 4.81. The summed E-state index contributed by atoms with van der Waals surface area (Å²) in [6.07, 6.45) is 6.76. The largest absolute Gasteiger partial charge is 0.353 e. The summed E-state index contributed by atoms with van der Waals surface area (Å²) in [6.45, 7) is 5.58. The van der Waals surface area contributed by atoms with Gasteiger partial charge in [-0.25, -0.2) is 0 Å². The Morgan fingerprint density at radius 1 is 0.973 bits per heavy atom. The lowest BCUT2D eigenvalue weighted by Gasteiger charge is -2.17. The van der Waals surface area contributed by atoms with Gasteiger partial charge in [-0.1, -0.05) is 20.8 Å². The van der Waals surface area contributed by atoms with Gasteiger partial charge in [0.1, 0.15) is 5.69 Å². The van der Waals surface area contributed by atoms with Gasteiger partial charge < -0.3 is 10.3 Å². The highest BCUT2D eigenvalue weighted by molar-refractivity contribution is 7.13. The molecule has 0 aliphatic carbocycles. The van der Waals surface area contributed by atoms with Crippen molar-refractivity contribution < 1.29 is 9.18 Å². The normalized spacial score (nSPS) is 11.9. The summed E-state index contributed by atoms with van der Waals surface area (Å²) in [6, 6.07) is 10.8. The minimum Gasteiger partial charge on any atom is -0.353 e. The molecule has 3 N–H and O–H groups in total. The number of nitrogens with zero attached hydrogens (tertiary/aromatic N) is 4. The summed E-state index contributed by atoms with van der Waals surface area (Å²) >= 11 is 1.07. The van der Waals surface area contributed by atoms with E-state index >= 15 is 0 Å². The summed E-state index contributed by atoms with van der Waals surface area (Å²) in [4.78, 5) is 30.0. The van der Waals surface area contributed by atoms with E-state index in [-0.39, 0.29) is 11.0 Å². The van der Waals surface area contributed by atoms with Gasteiger partial charge in [-0.15, -0.1) is 11.3 Å². The number of pyridine rings is 3. The van der Waals surface area contributed by atoms with Crippen molar-refractivity contribution in [3.8, 4) is 33.2 Å². The predicted octanol–water partition coefficient (Wildman–Crippen LogP) is 6.42. The molecule has 6 aromatic rings. The van der Waals surface area contributed by atoms with Crippen LogP contribution < -0.4 is 5.32 Å². The standard InChI is InChI=1S/C27H22FN7OS/c1-27(2,3)26(36)32-15-8-14(11-29-12-15)19-9-17-21(13-31-19)34-35-24(17)20-10-16-18(33-20)6-7-30-25(16)22-4-5-23(28)37-22/h4-13,33H,1-3H3,(H,32,36)(H,34,35). The fourth-order valence-electron chi connectivity index (χ4n) is 4.07. The van der Waals surface area contributed by atoms with Gasteiger partial charge in [0.2, 0.25) is 5.91 Å². The molecule has 6 heterocycles. The van der Waals surface area contributed by atoms with Gasteiger partial charge in [0.05, 0.1) is 45.6 Å². The number of anilines is 1. The number of hydrogen-bond donors (Lipinski definition) is 3. The van der Waals surface area contributed by atoms with Gasteiger partial charge in [0, 0.05) is 39.7 Å². The van der Waals surface area contributed by atoms with E-state index in [1.807, 2.05) is 45.0 Å². The monoisotopic (exact) mass is 511 g/mol. The van der Waals surface area contributed by atoms with Gasteiger partial charge in [0.15, 0.2) is 5.13 Å². The summed E-state index contributed by atoms with van der Waals surface area (Å²) in [7, 11) is 0. The Morgan fingerprint density at radius 2 is 1.81 bits per heavy atom. The third-order valence-electron chi connectivity index (χ3n) is 6.03. The second-order valence-corrected chi connectivity index (χ2v) is 10.8. The Kier molecular flexibility index (Phi) is 5.34. The van der Waals surface area contributed by atoms with Crippen molar-refractivity contribution in [2.24, 2.45) is 5.41 Å². The third-order valence-corrected chi connectivity index (χ3v) is 6.91. The number of aromatic amines is 2. The SMILES string of the molecule is CC(C)(C)C(=O)Nc1cncc(-c2cc3c(-c4cc5c(-c6ccc(F)s6)nccc5[nH]4)n[nH]c3cn2)c1. The van der Waals surface area contributed by atoms with Crippen molar-refractivity contribution in [2.75, 3.05) is 5.32 Å². The van der Waals surface area contributed by atoms with Crippen molar-refractivity contribution in [1.82, 2.24) is 30.1 Å². The van der Waals surface area contributed by atoms with E-state index in [1.165, 1.54) is 6.07 Å². The third kappa shape index (κ3) is 4.25. The number of H-pyrrole nitrogens is 2. The zero-order chi connectivity index (χ0) is 25.7. The summed E-state index contributed by atoms with van der Waals surface area (Å²) in [5.74, 6) is -0.0926. The van der Waals surface area contributed by atoms with Crippen LogP contribution in [0.2, 0.25) is 0 Å². The van der Waals surface area contributed by atoms with Crippen LogP contribution in [0.5, 0.6) is 0 Å². The minimum atomic E-state index is -0.522. The van der Waals surface area contributed by atoms with Crippen LogP contribution in [0.25, 0.3) is 55.0 Å². The second kappa shape index (κ2) is 8.59. The summed E-state index contributed by atoms with van der Waals surface area (Å²) in [5, 5.41) is 12.0. The zero-order valence-electron chi connectivity index (χ0n) is 20.3. The van der Waals surface area contributed by atoms with Crippen LogP contribution in [0.4, 0.5) is 10.1 Å². The van der Waals surface area contributed by atoms with E-state index in [9.17, 15) is 9.18 Å². The molecule has 0 aliphatic rings. The molecule has 6 rings (SSSR count). The topological polar surface area (TPSA) is 112 Å². The Bertz CT molecular complexity index is 1790. The van der Waals surface area contributed by atoms with E-state index in [0.29, 0.717) is 11.4 Å². The molecule has 0 spiro atoms. The number of hydrogen-bond acceptors (Lipinski definition) is 6. The van der Waals surface area contributed by atoms with Crippen LogP contribution >= 0.6 is 11.3 Å². The van der Waals surface area contributed by atoms with Crippen LogP contribution in [-0.4, -0.2) is 36.0 Å². The first kappa shape index (κ1) is 23.0. The predicted molar refractivity (Wildman–Crippen MR) is 144 cm³/mol. The first-order valence-corrected chi connectivity index (χ1v) is 12.4. The lowest BCUT2D eigenvalue weighted by molar-refractivity contribution is -0.123. The molecule has 1 amide bonds. The number of amides is 1. The number of carbonyl (C=O) groups is 1. The number of nitrogens with one attached hydrogen (secondary N) is 3. The molecule has 0 aliphatic heterocycles. The molecule has 10 heteroatoms. The molecule has 0 bridgehead atoms. The molecule has 37 heavy (non-hydrogen) atoms. The molecule has 0 saturated carbocycles. The molecular weight excluding hydrogens is 489 g/mol. The average molecular weight is 512 g/mol. The van der Waals surface area contributed by atoms with E-state index < -0.39 is 5.41 Å². The average Bonchev–Trinajstić information content (AvgIpc) is 3.60. The molecule has 0 saturated heterocycles. The number of aromatic nitrogens is 6. The second-order valence-electron chi connectivity index (χ2n) is 9.76. The van der Waals surface area contributed by atoms with Gasteiger partial charge in [-0.3, -0.25) is 24.8 Å². The Hall–Kier alpha value is -4.44. The number of thiophene rings is 1. The highest BCUT2D eigenvalue weighted by Gasteiger charge is 2.21. The number of halogens is 1. The van der Waals surface area contributed by atoms with Gasteiger partial charge in [-0.05, 0) is 36.4 Å². The summed E-state index contributed by atoms with van der Waals surface area (Å²) < 4.78 is 13.7. The van der Waals surface area contributed by atoms with Crippen molar-refractivity contribution in [1.29, 1.82) is 0 Å². The Labute approximate surface area is 215 Å². The highest BCUT2D eigenvalue weighted by atomic mass is 32.1. The molecule has 184 valence electrons. The molecule has 8 nitrogen and oxygen atoms in total. The van der Waals surface area contributed by atoms with Crippen LogP contribution in [0, 0.1) is 10.5 Å². The fraction of sp³-hybridized carbons (Fsp3) is 0.148. The van der Waals surface area contributed by atoms with Gasteiger partial charge >= 0.3 is 0 Å². The Morgan fingerprint density at radius 3 is 2.59 bits per heavy atom.